The lowest BCUT2D eigenvalue weighted by atomic mass is 10.4. The lowest BCUT2D eigenvalue weighted by Crippen LogP contribution is -2.38. The van der Waals surface area contributed by atoms with E-state index in [-0.39, 0.29) is 0 Å². The average molecular weight is 303 g/mol. The Hall–Kier alpha value is -2.31. The average Bonchev–Trinajstić information content (AvgIpc) is 3.21. The smallest absolute Gasteiger partial charge is 0.191 e. The Morgan fingerprint density at radius 3 is 2.82 bits per heavy atom. The van der Waals surface area contributed by atoms with Gasteiger partial charge in [0.1, 0.15) is 0 Å². The Balaban J connectivity index is 1.63. The number of nitrogens with one attached hydrogen (secondary N) is 2. The summed E-state index contributed by atoms with van der Waals surface area (Å²) in [6.07, 6.45) is 11.4. The van der Waals surface area contributed by atoms with E-state index in [1.165, 1.54) is 0 Å². The number of hydrogen-bond donors (Lipinski definition) is 2. The van der Waals surface area contributed by atoms with Gasteiger partial charge in [-0.2, -0.15) is 5.10 Å². The van der Waals surface area contributed by atoms with Crippen LogP contribution in [0.25, 0.3) is 0 Å². The number of aliphatic imine (C=N–C) groups is 1. The van der Waals surface area contributed by atoms with Crippen LogP contribution in [0.5, 0.6) is 0 Å². The summed E-state index contributed by atoms with van der Waals surface area (Å²) in [5.41, 5.74) is 0. The Kier molecular flexibility index (Phi) is 7.01. The molecule has 0 radical (unpaired) electrons. The molecule has 22 heavy (non-hydrogen) atoms. The minimum absolute atomic E-state index is 0.798. The van der Waals surface area contributed by atoms with Crippen molar-refractivity contribution in [1.82, 2.24) is 30.0 Å². The van der Waals surface area contributed by atoms with E-state index in [0.29, 0.717) is 0 Å². The van der Waals surface area contributed by atoms with Crippen molar-refractivity contribution in [3.8, 4) is 0 Å². The maximum Gasteiger partial charge on any atom is 0.191 e. The first-order valence-electron chi connectivity index (χ1n) is 7.84. The van der Waals surface area contributed by atoms with Gasteiger partial charge in [0.25, 0.3) is 0 Å². The summed E-state index contributed by atoms with van der Waals surface area (Å²) in [5, 5.41) is 10.8. The van der Waals surface area contributed by atoms with Crippen molar-refractivity contribution in [3.63, 3.8) is 0 Å². The Labute approximate surface area is 131 Å². The maximum atomic E-state index is 4.59. The second kappa shape index (κ2) is 9.59. The molecular formula is C15H25N7. The molecule has 2 heterocycles. The molecule has 0 saturated carbocycles. The van der Waals surface area contributed by atoms with Crippen molar-refractivity contribution in [2.75, 3.05) is 19.6 Å². The van der Waals surface area contributed by atoms with Gasteiger partial charge in [0.2, 0.25) is 0 Å². The molecule has 0 aliphatic carbocycles. The summed E-state index contributed by atoms with van der Waals surface area (Å²) in [7, 11) is 0. The van der Waals surface area contributed by atoms with Gasteiger partial charge in [0.15, 0.2) is 5.96 Å². The van der Waals surface area contributed by atoms with Crippen LogP contribution in [0.2, 0.25) is 0 Å². The minimum Gasteiger partial charge on any atom is -0.357 e. The molecule has 2 aromatic rings. The molecule has 0 saturated heterocycles. The number of imidazole rings is 1. The predicted octanol–water partition coefficient (Wildman–Crippen LogP) is 1.12. The molecule has 2 rings (SSSR count). The van der Waals surface area contributed by atoms with E-state index in [0.717, 1.165) is 51.5 Å². The number of nitrogens with zero attached hydrogens (tertiary/aromatic N) is 5. The van der Waals surface area contributed by atoms with E-state index in [2.05, 4.69) is 37.2 Å². The van der Waals surface area contributed by atoms with E-state index in [1.54, 1.807) is 12.4 Å². The van der Waals surface area contributed by atoms with Gasteiger partial charge in [0.05, 0.1) is 6.33 Å². The van der Waals surface area contributed by atoms with Gasteiger partial charge in [-0.25, -0.2) is 4.98 Å². The molecule has 7 heteroatoms. The largest absolute Gasteiger partial charge is 0.357 e. The van der Waals surface area contributed by atoms with Crippen molar-refractivity contribution < 1.29 is 0 Å². The van der Waals surface area contributed by atoms with E-state index in [9.17, 15) is 0 Å². The quantitative estimate of drug-likeness (QED) is 0.414. The Morgan fingerprint density at radius 1 is 1.14 bits per heavy atom. The van der Waals surface area contributed by atoms with Gasteiger partial charge < -0.3 is 15.2 Å². The van der Waals surface area contributed by atoms with Crippen LogP contribution in [0.3, 0.4) is 0 Å². The SMILES string of the molecule is CCNC(=NCCCn1ccnc1)NCCCn1cccn1. The fourth-order valence-corrected chi connectivity index (χ4v) is 2.09. The number of rotatable bonds is 9. The zero-order chi connectivity index (χ0) is 15.5. The van der Waals surface area contributed by atoms with Crippen molar-refractivity contribution in [2.45, 2.75) is 32.9 Å². The van der Waals surface area contributed by atoms with Crippen LogP contribution in [0, 0.1) is 0 Å². The maximum absolute atomic E-state index is 4.59. The summed E-state index contributed by atoms with van der Waals surface area (Å²) in [4.78, 5) is 8.62. The van der Waals surface area contributed by atoms with Crippen molar-refractivity contribution in [3.05, 3.63) is 37.2 Å². The fourth-order valence-electron chi connectivity index (χ4n) is 2.09. The molecule has 0 spiro atoms. The molecule has 0 atom stereocenters. The number of aryl methyl sites for hydroxylation is 2. The number of aromatic nitrogens is 4. The van der Waals surface area contributed by atoms with Crippen LogP contribution >= 0.6 is 0 Å². The van der Waals surface area contributed by atoms with Gasteiger partial charge in [-0.05, 0) is 25.8 Å². The molecule has 0 aromatic carbocycles. The Morgan fingerprint density at radius 2 is 2.09 bits per heavy atom. The van der Waals surface area contributed by atoms with Gasteiger partial charge in [-0.15, -0.1) is 0 Å². The lowest BCUT2D eigenvalue weighted by molar-refractivity contribution is 0.569. The van der Waals surface area contributed by atoms with Crippen LogP contribution in [0.1, 0.15) is 19.8 Å². The molecule has 2 aromatic heterocycles. The van der Waals surface area contributed by atoms with E-state index in [1.807, 2.05) is 29.5 Å². The molecule has 0 fully saturated rings. The highest BCUT2D eigenvalue weighted by Gasteiger charge is 1.97. The van der Waals surface area contributed by atoms with Crippen LogP contribution < -0.4 is 10.6 Å². The van der Waals surface area contributed by atoms with Crippen LogP contribution in [0.15, 0.2) is 42.2 Å². The van der Waals surface area contributed by atoms with Gasteiger partial charge >= 0.3 is 0 Å². The highest BCUT2D eigenvalue weighted by atomic mass is 15.3. The third-order valence-corrected chi connectivity index (χ3v) is 3.16. The molecule has 0 unspecified atom stereocenters. The first-order chi connectivity index (χ1) is 10.9. The highest BCUT2D eigenvalue weighted by molar-refractivity contribution is 5.79. The second-order valence-electron chi connectivity index (χ2n) is 4.96. The summed E-state index contributed by atoms with van der Waals surface area (Å²) in [5.74, 6) is 0.883. The molecule has 0 aliphatic heterocycles. The standard InChI is InChI=1S/C15H25N7/c1-2-17-15(18-6-3-10-21-13-9-16-14-21)19-7-4-11-22-12-5-8-20-22/h5,8-9,12-14H,2-4,6-7,10-11H2,1H3,(H2,17,18,19). The van der Waals surface area contributed by atoms with E-state index >= 15 is 0 Å². The summed E-state index contributed by atoms with van der Waals surface area (Å²) >= 11 is 0. The van der Waals surface area contributed by atoms with E-state index in [4.69, 9.17) is 0 Å². The molecule has 120 valence electrons. The monoisotopic (exact) mass is 303 g/mol. The topological polar surface area (TPSA) is 72.1 Å². The second-order valence-corrected chi connectivity index (χ2v) is 4.96. The summed E-state index contributed by atoms with van der Waals surface area (Å²) in [6, 6.07) is 1.94. The summed E-state index contributed by atoms with van der Waals surface area (Å²) in [6.45, 7) is 6.49. The first kappa shape index (κ1) is 16.1. The lowest BCUT2D eigenvalue weighted by Gasteiger charge is -2.11. The van der Waals surface area contributed by atoms with E-state index < -0.39 is 0 Å². The minimum atomic E-state index is 0.798. The van der Waals surface area contributed by atoms with Gasteiger partial charge in [0, 0.05) is 57.5 Å². The van der Waals surface area contributed by atoms with Crippen LogP contribution in [-0.2, 0) is 13.1 Å². The zero-order valence-electron chi connectivity index (χ0n) is 13.1. The van der Waals surface area contributed by atoms with Crippen molar-refractivity contribution in [1.29, 1.82) is 0 Å². The third kappa shape index (κ3) is 5.99. The molecule has 0 bridgehead atoms. The van der Waals surface area contributed by atoms with Gasteiger partial charge in [-0.1, -0.05) is 0 Å². The van der Waals surface area contributed by atoms with Crippen molar-refractivity contribution in [2.24, 2.45) is 4.99 Å². The fraction of sp³-hybridized carbons (Fsp3) is 0.533. The Bertz CT molecular complexity index is 516. The summed E-state index contributed by atoms with van der Waals surface area (Å²) < 4.78 is 4.01. The number of guanidine groups is 1. The van der Waals surface area contributed by atoms with Gasteiger partial charge in [-0.3, -0.25) is 9.67 Å². The zero-order valence-corrected chi connectivity index (χ0v) is 13.1. The van der Waals surface area contributed by atoms with Crippen molar-refractivity contribution >= 4 is 5.96 Å². The molecular weight excluding hydrogens is 278 g/mol. The normalized spacial score (nSPS) is 11.6. The third-order valence-electron chi connectivity index (χ3n) is 3.16. The number of hydrogen-bond acceptors (Lipinski definition) is 3. The molecule has 0 aliphatic rings. The first-order valence-corrected chi connectivity index (χ1v) is 7.84. The molecule has 0 amide bonds. The molecule has 2 N–H and O–H groups in total. The predicted molar refractivity (Wildman–Crippen MR) is 87.7 cm³/mol. The van der Waals surface area contributed by atoms with Crippen LogP contribution in [-0.4, -0.2) is 44.9 Å². The molecule has 7 nitrogen and oxygen atoms in total. The van der Waals surface area contributed by atoms with Crippen LogP contribution in [0.4, 0.5) is 0 Å². The highest BCUT2D eigenvalue weighted by Crippen LogP contribution is 1.92.